The van der Waals surface area contributed by atoms with Crippen LogP contribution in [0.1, 0.15) is 23.9 Å². The van der Waals surface area contributed by atoms with Gasteiger partial charge in [-0.1, -0.05) is 0 Å². The van der Waals surface area contributed by atoms with Gasteiger partial charge in [0.1, 0.15) is 6.10 Å². The molecular formula is C9H12N2O3. The number of ether oxygens (including phenoxy) is 1. The van der Waals surface area contributed by atoms with Crippen LogP contribution in [0.5, 0.6) is 0 Å². The molecule has 0 spiro atoms. The standard InChI is InChI=1S/C9H12N2O3/c1-6-9(11-4-3-10-6)7(12)5-8(13)14-2/h3-4,7,12H,5H2,1-2H3/t7-/m1/s1. The topological polar surface area (TPSA) is 72.3 Å². The summed E-state index contributed by atoms with van der Waals surface area (Å²) in [5.74, 6) is -0.470. The number of hydrogen-bond donors (Lipinski definition) is 1. The third kappa shape index (κ3) is 2.50. The second-order valence-electron chi connectivity index (χ2n) is 2.82. The number of aromatic nitrogens is 2. The van der Waals surface area contributed by atoms with Crippen LogP contribution in [0.25, 0.3) is 0 Å². The molecule has 1 atom stereocenters. The Bertz CT molecular complexity index is 328. The molecule has 0 unspecified atom stereocenters. The van der Waals surface area contributed by atoms with Crippen molar-refractivity contribution in [2.75, 3.05) is 7.11 Å². The van der Waals surface area contributed by atoms with E-state index < -0.39 is 12.1 Å². The average molecular weight is 196 g/mol. The fourth-order valence-corrected chi connectivity index (χ4v) is 1.08. The van der Waals surface area contributed by atoms with Gasteiger partial charge in [-0.05, 0) is 6.92 Å². The molecule has 0 fully saturated rings. The second-order valence-corrected chi connectivity index (χ2v) is 2.82. The number of rotatable bonds is 3. The van der Waals surface area contributed by atoms with Crippen molar-refractivity contribution >= 4 is 5.97 Å². The van der Waals surface area contributed by atoms with Crippen LogP contribution in [0.2, 0.25) is 0 Å². The first kappa shape index (κ1) is 10.6. The van der Waals surface area contributed by atoms with E-state index in [2.05, 4.69) is 14.7 Å². The maximum Gasteiger partial charge on any atom is 0.308 e. The maximum absolute atomic E-state index is 10.9. The summed E-state index contributed by atoms with van der Waals surface area (Å²) in [4.78, 5) is 18.8. The summed E-state index contributed by atoms with van der Waals surface area (Å²) in [5, 5.41) is 9.60. The number of esters is 1. The average Bonchev–Trinajstić information content (AvgIpc) is 2.18. The van der Waals surface area contributed by atoms with Gasteiger partial charge in [-0.25, -0.2) is 0 Å². The quantitative estimate of drug-likeness (QED) is 0.707. The van der Waals surface area contributed by atoms with Crippen molar-refractivity contribution in [3.63, 3.8) is 0 Å². The summed E-state index contributed by atoms with van der Waals surface area (Å²) < 4.78 is 4.44. The Balaban J connectivity index is 2.74. The van der Waals surface area contributed by atoms with Gasteiger partial charge in [0.2, 0.25) is 0 Å². The van der Waals surface area contributed by atoms with E-state index in [0.29, 0.717) is 11.4 Å². The Kier molecular flexibility index (Phi) is 3.53. The van der Waals surface area contributed by atoms with E-state index in [0.717, 1.165) is 0 Å². The lowest BCUT2D eigenvalue weighted by Gasteiger charge is -2.09. The summed E-state index contributed by atoms with van der Waals surface area (Å²) in [6.45, 7) is 1.73. The van der Waals surface area contributed by atoms with Gasteiger partial charge in [-0.2, -0.15) is 0 Å². The molecule has 5 nitrogen and oxygen atoms in total. The fraction of sp³-hybridized carbons (Fsp3) is 0.444. The molecule has 0 amide bonds. The molecule has 0 aliphatic carbocycles. The molecule has 1 heterocycles. The van der Waals surface area contributed by atoms with E-state index >= 15 is 0 Å². The minimum absolute atomic E-state index is 0.101. The smallest absolute Gasteiger partial charge is 0.308 e. The molecule has 0 aliphatic rings. The minimum Gasteiger partial charge on any atom is -0.469 e. The summed E-state index contributed by atoms with van der Waals surface area (Å²) in [6.07, 6.45) is 1.96. The van der Waals surface area contributed by atoms with E-state index in [1.54, 1.807) is 6.92 Å². The monoisotopic (exact) mass is 196 g/mol. The lowest BCUT2D eigenvalue weighted by molar-refractivity contribution is -0.142. The Morgan fingerprint density at radius 2 is 2.21 bits per heavy atom. The Hall–Kier alpha value is -1.49. The van der Waals surface area contributed by atoms with Gasteiger partial charge in [0, 0.05) is 12.4 Å². The van der Waals surface area contributed by atoms with E-state index in [-0.39, 0.29) is 6.42 Å². The highest BCUT2D eigenvalue weighted by molar-refractivity contribution is 5.69. The molecule has 0 bridgehead atoms. The van der Waals surface area contributed by atoms with E-state index in [4.69, 9.17) is 0 Å². The molecule has 0 aliphatic heterocycles. The summed E-state index contributed by atoms with van der Waals surface area (Å²) in [7, 11) is 1.28. The van der Waals surface area contributed by atoms with Crippen molar-refractivity contribution in [1.29, 1.82) is 0 Å². The van der Waals surface area contributed by atoms with Crippen molar-refractivity contribution in [2.24, 2.45) is 0 Å². The lowest BCUT2D eigenvalue weighted by Crippen LogP contribution is -2.11. The molecule has 76 valence electrons. The number of aryl methyl sites for hydroxylation is 1. The van der Waals surface area contributed by atoms with Crippen LogP contribution in [0.15, 0.2) is 12.4 Å². The molecule has 5 heteroatoms. The van der Waals surface area contributed by atoms with Gasteiger partial charge < -0.3 is 9.84 Å². The van der Waals surface area contributed by atoms with Crippen LogP contribution in [-0.4, -0.2) is 28.2 Å². The van der Waals surface area contributed by atoms with Crippen LogP contribution in [0.4, 0.5) is 0 Å². The largest absolute Gasteiger partial charge is 0.469 e. The zero-order valence-corrected chi connectivity index (χ0v) is 8.10. The summed E-state index contributed by atoms with van der Waals surface area (Å²) in [6, 6.07) is 0. The number of methoxy groups -OCH3 is 1. The summed E-state index contributed by atoms with van der Waals surface area (Å²) >= 11 is 0. The number of carbonyl (C=O) groups excluding carboxylic acids is 1. The van der Waals surface area contributed by atoms with Crippen molar-refractivity contribution < 1.29 is 14.6 Å². The number of aliphatic hydroxyl groups excluding tert-OH is 1. The normalized spacial score (nSPS) is 12.2. The van der Waals surface area contributed by atoms with Gasteiger partial charge in [0.05, 0.1) is 24.9 Å². The van der Waals surface area contributed by atoms with Crippen molar-refractivity contribution in [3.05, 3.63) is 23.8 Å². The maximum atomic E-state index is 10.9. The number of hydrogen-bond acceptors (Lipinski definition) is 5. The van der Waals surface area contributed by atoms with Crippen LogP contribution in [0, 0.1) is 6.92 Å². The molecule has 0 aromatic carbocycles. The zero-order valence-electron chi connectivity index (χ0n) is 8.10. The first-order chi connectivity index (χ1) is 6.65. The zero-order chi connectivity index (χ0) is 10.6. The van der Waals surface area contributed by atoms with E-state index in [1.807, 2.05) is 0 Å². The third-order valence-electron chi connectivity index (χ3n) is 1.82. The number of carbonyl (C=O) groups is 1. The van der Waals surface area contributed by atoms with E-state index in [9.17, 15) is 9.90 Å². The highest BCUT2D eigenvalue weighted by Gasteiger charge is 2.16. The lowest BCUT2D eigenvalue weighted by atomic mass is 10.1. The van der Waals surface area contributed by atoms with Gasteiger partial charge in [0.15, 0.2) is 0 Å². The molecule has 0 saturated heterocycles. The first-order valence-corrected chi connectivity index (χ1v) is 4.17. The minimum atomic E-state index is -0.948. The van der Waals surface area contributed by atoms with Crippen molar-refractivity contribution in [1.82, 2.24) is 9.97 Å². The van der Waals surface area contributed by atoms with Crippen LogP contribution < -0.4 is 0 Å². The fourth-order valence-electron chi connectivity index (χ4n) is 1.08. The Morgan fingerprint density at radius 3 is 2.79 bits per heavy atom. The van der Waals surface area contributed by atoms with Crippen LogP contribution in [0.3, 0.4) is 0 Å². The van der Waals surface area contributed by atoms with Crippen molar-refractivity contribution in [2.45, 2.75) is 19.4 Å². The molecule has 1 aromatic heterocycles. The number of aliphatic hydroxyl groups is 1. The highest BCUT2D eigenvalue weighted by atomic mass is 16.5. The van der Waals surface area contributed by atoms with Crippen LogP contribution in [-0.2, 0) is 9.53 Å². The van der Waals surface area contributed by atoms with Gasteiger partial charge in [0.25, 0.3) is 0 Å². The Labute approximate surface area is 81.8 Å². The molecular weight excluding hydrogens is 184 g/mol. The molecule has 0 radical (unpaired) electrons. The number of nitrogens with zero attached hydrogens (tertiary/aromatic N) is 2. The van der Waals surface area contributed by atoms with E-state index in [1.165, 1.54) is 19.5 Å². The highest BCUT2D eigenvalue weighted by Crippen LogP contribution is 2.16. The first-order valence-electron chi connectivity index (χ1n) is 4.17. The Morgan fingerprint density at radius 1 is 1.57 bits per heavy atom. The third-order valence-corrected chi connectivity index (χ3v) is 1.82. The molecule has 14 heavy (non-hydrogen) atoms. The molecule has 1 N–H and O–H groups in total. The molecule has 1 aromatic rings. The van der Waals surface area contributed by atoms with Gasteiger partial charge in [-0.3, -0.25) is 14.8 Å². The summed E-state index contributed by atoms with van der Waals surface area (Å²) in [5.41, 5.74) is 1.03. The SMILES string of the molecule is COC(=O)C[C@@H](O)c1nccnc1C. The molecule has 1 rings (SSSR count). The van der Waals surface area contributed by atoms with Gasteiger partial charge in [-0.15, -0.1) is 0 Å². The molecule has 0 saturated carbocycles. The second kappa shape index (κ2) is 4.66. The van der Waals surface area contributed by atoms with Gasteiger partial charge >= 0.3 is 5.97 Å². The van der Waals surface area contributed by atoms with Crippen molar-refractivity contribution in [3.8, 4) is 0 Å². The predicted octanol–water partition coefficient (Wildman–Crippen LogP) is 0.382. The predicted molar refractivity (Wildman–Crippen MR) is 48.4 cm³/mol. The van der Waals surface area contributed by atoms with Crippen LogP contribution >= 0.6 is 0 Å².